The second-order valence-corrected chi connectivity index (χ2v) is 6.42. The van der Waals surface area contributed by atoms with Crippen LogP contribution in [0.25, 0.3) is 5.69 Å². The predicted molar refractivity (Wildman–Crippen MR) is 87.5 cm³/mol. The lowest BCUT2D eigenvalue weighted by molar-refractivity contribution is 0.0788. The lowest BCUT2D eigenvalue weighted by Crippen LogP contribution is -2.25. The summed E-state index contributed by atoms with van der Waals surface area (Å²) in [6, 6.07) is 5.32. The highest BCUT2D eigenvalue weighted by Crippen LogP contribution is 2.30. The fourth-order valence-corrected chi connectivity index (χ4v) is 2.71. The largest absolute Gasteiger partial charge is 0.378 e. The number of hydrogen-bond acceptors (Lipinski definition) is 3. The van der Waals surface area contributed by atoms with Gasteiger partial charge in [0.1, 0.15) is 17.6 Å². The average molecular weight is 330 g/mol. The zero-order valence-electron chi connectivity index (χ0n) is 13.1. The molecule has 23 heavy (non-hydrogen) atoms. The normalized spacial score (nSPS) is 13.8. The molecule has 2 heterocycles. The predicted octanol–water partition coefficient (Wildman–Crippen LogP) is 2.23. The number of fused-ring (bicyclic) bond motifs is 3. The molecule has 2 aromatic rings. The monoisotopic (exact) mass is 329 g/mol. The lowest BCUT2D eigenvalue weighted by atomic mass is 10.1. The summed E-state index contributed by atoms with van der Waals surface area (Å²) in [5.41, 5.74) is 1.36. The zero-order chi connectivity index (χ0) is 16.8. The molecule has 1 amide bonds. The molecule has 1 aliphatic rings. The minimum absolute atomic E-state index is 0.143. The molecule has 0 atom stereocenters. The van der Waals surface area contributed by atoms with Crippen LogP contribution in [0.2, 0.25) is 5.02 Å². The van der Waals surface area contributed by atoms with Gasteiger partial charge in [-0.25, -0.2) is 4.98 Å². The van der Waals surface area contributed by atoms with Crippen molar-refractivity contribution in [2.75, 3.05) is 7.05 Å². The molecule has 1 aromatic heterocycles. The molecule has 0 unspecified atom stereocenters. The Morgan fingerprint density at radius 1 is 1.39 bits per heavy atom. The Balaban J connectivity index is 2.22. The van der Waals surface area contributed by atoms with E-state index in [4.69, 9.17) is 11.6 Å². The highest BCUT2D eigenvalue weighted by Gasteiger charge is 2.27. The zero-order valence-corrected chi connectivity index (χ0v) is 13.8. The molecule has 5 nitrogen and oxygen atoms in total. The molecule has 0 aliphatic carbocycles. The van der Waals surface area contributed by atoms with Crippen molar-refractivity contribution in [3.05, 3.63) is 46.5 Å². The van der Waals surface area contributed by atoms with Crippen LogP contribution in [-0.2, 0) is 6.54 Å². The van der Waals surface area contributed by atoms with E-state index in [9.17, 15) is 9.90 Å². The Morgan fingerprint density at radius 2 is 2.13 bits per heavy atom. The van der Waals surface area contributed by atoms with Gasteiger partial charge in [0.25, 0.3) is 5.91 Å². The minimum Gasteiger partial charge on any atom is -0.378 e. The highest BCUT2D eigenvalue weighted by atomic mass is 35.5. The van der Waals surface area contributed by atoms with E-state index in [0.717, 1.165) is 5.69 Å². The van der Waals surface area contributed by atoms with Crippen LogP contribution in [0.4, 0.5) is 0 Å². The topological polar surface area (TPSA) is 58.4 Å². The first-order chi connectivity index (χ1) is 10.8. The quantitative estimate of drug-likeness (QED) is 0.754. The van der Waals surface area contributed by atoms with Crippen molar-refractivity contribution < 1.29 is 9.90 Å². The summed E-state index contributed by atoms with van der Waals surface area (Å²) < 4.78 is 1.83. The Kier molecular flexibility index (Phi) is 3.67. The summed E-state index contributed by atoms with van der Waals surface area (Å²) in [5.74, 6) is 5.51. The molecule has 0 radical (unpaired) electrons. The van der Waals surface area contributed by atoms with Crippen molar-refractivity contribution in [2.24, 2.45) is 0 Å². The van der Waals surface area contributed by atoms with Gasteiger partial charge in [0.2, 0.25) is 0 Å². The third-order valence-corrected chi connectivity index (χ3v) is 3.87. The van der Waals surface area contributed by atoms with Gasteiger partial charge in [-0.15, -0.1) is 0 Å². The van der Waals surface area contributed by atoms with Gasteiger partial charge in [-0.1, -0.05) is 23.6 Å². The van der Waals surface area contributed by atoms with Gasteiger partial charge >= 0.3 is 0 Å². The van der Waals surface area contributed by atoms with E-state index in [-0.39, 0.29) is 5.91 Å². The van der Waals surface area contributed by atoms with E-state index in [2.05, 4.69) is 16.8 Å². The molecular weight excluding hydrogens is 314 g/mol. The van der Waals surface area contributed by atoms with Crippen LogP contribution in [0.1, 0.15) is 35.6 Å². The Labute approximate surface area is 139 Å². The molecular formula is C17H16ClN3O2. The van der Waals surface area contributed by atoms with Crippen molar-refractivity contribution in [2.45, 2.75) is 26.0 Å². The smallest absolute Gasteiger partial charge is 0.257 e. The summed E-state index contributed by atoms with van der Waals surface area (Å²) in [6.07, 6.45) is 1.63. The van der Waals surface area contributed by atoms with E-state index < -0.39 is 5.60 Å². The maximum Gasteiger partial charge on any atom is 0.257 e. The molecule has 3 rings (SSSR count). The molecule has 0 spiro atoms. The third-order valence-electron chi connectivity index (χ3n) is 3.55. The highest BCUT2D eigenvalue weighted by molar-refractivity contribution is 6.34. The van der Waals surface area contributed by atoms with E-state index in [0.29, 0.717) is 28.5 Å². The first-order valence-electron chi connectivity index (χ1n) is 7.14. The standard InChI is InChI=1S/C17H16ClN3O2/c1-17(2,23)8-7-12-14-9-20(3)16(22)15-11(18)5-4-6-13(15)21(14)10-19-12/h4-6,10,23H,9H2,1-3H3. The molecule has 1 N–H and O–H groups in total. The van der Waals surface area contributed by atoms with Crippen LogP contribution >= 0.6 is 11.6 Å². The van der Waals surface area contributed by atoms with Gasteiger partial charge in [0, 0.05) is 7.05 Å². The number of benzene rings is 1. The Bertz CT molecular complexity index is 853. The molecule has 1 aromatic carbocycles. The summed E-state index contributed by atoms with van der Waals surface area (Å²) in [4.78, 5) is 18.5. The molecule has 0 saturated carbocycles. The van der Waals surface area contributed by atoms with Crippen LogP contribution in [-0.4, -0.2) is 38.1 Å². The summed E-state index contributed by atoms with van der Waals surface area (Å²) in [6.45, 7) is 3.58. The van der Waals surface area contributed by atoms with Crippen LogP contribution in [0.5, 0.6) is 0 Å². The summed E-state index contributed by atoms with van der Waals surface area (Å²) in [7, 11) is 1.71. The van der Waals surface area contributed by atoms with Crippen molar-refractivity contribution in [1.82, 2.24) is 14.5 Å². The fourth-order valence-electron chi connectivity index (χ4n) is 2.46. The van der Waals surface area contributed by atoms with E-state index in [1.54, 1.807) is 44.3 Å². The average Bonchev–Trinajstić information content (AvgIpc) is 2.81. The second-order valence-electron chi connectivity index (χ2n) is 6.01. The van der Waals surface area contributed by atoms with Crippen LogP contribution < -0.4 is 0 Å². The van der Waals surface area contributed by atoms with Gasteiger partial charge in [0.15, 0.2) is 0 Å². The number of nitrogens with zero attached hydrogens (tertiary/aromatic N) is 3. The molecule has 118 valence electrons. The molecule has 0 saturated heterocycles. The molecule has 6 heteroatoms. The number of carbonyl (C=O) groups is 1. The number of imidazole rings is 1. The lowest BCUT2D eigenvalue weighted by Gasteiger charge is -2.14. The SMILES string of the molecule is CN1Cc2c(C#CC(C)(C)O)ncn2-c2cccc(Cl)c2C1=O. The van der Waals surface area contributed by atoms with Crippen LogP contribution in [0, 0.1) is 11.8 Å². The third kappa shape index (κ3) is 2.83. The first-order valence-corrected chi connectivity index (χ1v) is 7.52. The van der Waals surface area contributed by atoms with Crippen LogP contribution in [0.15, 0.2) is 24.5 Å². The summed E-state index contributed by atoms with van der Waals surface area (Å²) >= 11 is 6.23. The van der Waals surface area contributed by atoms with E-state index in [1.807, 2.05) is 10.6 Å². The number of carbonyl (C=O) groups excluding carboxylic acids is 1. The van der Waals surface area contributed by atoms with Crippen molar-refractivity contribution in [1.29, 1.82) is 0 Å². The van der Waals surface area contributed by atoms with Crippen LogP contribution in [0.3, 0.4) is 0 Å². The minimum atomic E-state index is -1.11. The Morgan fingerprint density at radius 3 is 2.83 bits per heavy atom. The van der Waals surface area contributed by atoms with Gasteiger partial charge in [-0.2, -0.15) is 0 Å². The fraction of sp³-hybridized carbons (Fsp3) is 0.294. The number of amides is 1. The number of aromatic nitrogens is 2. The maximum atomic E-state index is 12.6. The molecule has 0 bridgehead atoms. The van der Waals surface area contributed by atoms with Crippen molar-refractivity contribution >= 4 is 17.5 Å². The van der Waals surface area contributed by atoms with E-state index in [1.165, 1.54) is 0 Å². The van der Waals surface area contributed by atoms with Gasteiger partial charge in [0.05, 0.1) is 28.5 Å². The Hall–Kier alpha value is -2.29. The van der Waals surface area contributed by atoms with Gasteiger partial charge in [-0.05, 0) is 31.9 Å². The number of halogens is 1. The molecule has 0 fully saturated rings. The van der Waals surface area contributed by atoms with Crippen molar-refractivity contribution in [3.63, 3.8) is 0 Å². The number of hydrogen-bond donors (Lipinski definition) is 1. The molecule has 1 aliphatic heterocycles. The first kappa shape index (κ1) is 15.6. The van der Waals surface area contributed by atoms with Gasteiger partial charge in [-0.3, -0.25) is 9.36 Å². The van der Waals surface area contributed by atoms with Gasteiger partial charge < -0.3 is 10.0 Å². The second kappa shape index (κ2) is 5.41. The maximum absolute atomic E-state index is 12.6. The number of aliphatic hydroxyl groups is 1. The van der Waals surface area contributed by atoms with Crippen molar-refractivity contribution in [3.8, 4) is 17.5 Å². The summed E-state index contributed by atoms with van der Waals surface area (Å²) in [5, 5.41) is 10.2. The van der Waals surface area contributed by atoms with E-state index >= 15 is 0 Å². The number of rotatable bonds is 0.